The Bertz CT molecular complexity index is 537. The molecular weight excluding hydrogens is 239 g/mol. The van der Waals surface area contributed by atoms with Crippen LogP contribution in [0.25, 0.3) is 11.0 Å². The molecule has 0 spiro atoms. The number of benzene rings is 1. The number of hydrogen-bond acceptors (Lipinski definition) is 3. The average Bonchev–Trinajstić information content (AvgIpc) is 2.60. The number of unbranched alkanes of at least 4 members (excludes halogenated alkanes) is 1. The summed E-state index contributed by atoms with van der Waals surface area (Å²) in [6, 6.07) is 7.98. The predicted molar refractivity (Wildman–Crippen MR) is 63.3 cm³/mol. The van der Waals surface area contributed by atoms with E-state index in [1.54, 1.807) is 0 Å². The van der Waals surface area contributed by atoms with E-state index in [0.717, 1.165) is 29.8 Å². The van der Waals surface area contributed by atoms with Crippen molar-refractivity contribution in [3.05, 3.63) is 30.1 Å². The largest absolute Gasteiger partial charge is 1.00 e. The number of carbonyl (C=O) groups excluding carboxylic acids is 1. The number of aryl methyl sites for hydroxylation is 2. The second-order valence-corrected chi connectivity index (χ2v) is 4.13. The normalized spacial score (nSPS) is 10.3. The molecule has 0 fully saturated rings. The van der Waals surface area contributed by atoms with Crippen molar-refractivity contribution >= 4 is 17.0 Å². The van der Waals surface area contributed by atoms with Crippen LogP contribution >= 0.6 is 0 Å². The first kappa shape index (κ1) is 15.2. The van der Waals surface area contributed by atoms with Crippen LogP contribution in [0, 0.1) is 6.92 Å². The topological polar surface area (TPSA) is 58.0 Å². The van der Waals surface area contributed by atoms with Gasteiger partial charge in [0.15, 0.2) is 0 Å². The number of para-hydroxylation sites is 2. The van der Waals surface area contributed by atoms with Crippen LogP contribution in [0.15, 0.2) is 24.3 Å². The first-order chi connectivity index (χ1) is 8.18. The average molecular weight is 254 g/mol. The van der Waals surface area contributed by atoms with E-state index in [-0.39, 0.29) is 36.0 Å². The number of imidazole rings is 1. The molecule has 18 heavy (non-hydrogen) atoms. The molecule has 2 rings (SSSR count). The Kier molecular flexibility index (Phi) is 5.85. The molecule has 0 N–H and O–H groups in total. The summed E-state index contributed by atoms with van der Waals surface area (Å²) in [5, 5.41) is 10.3. The summed E-state index contributed by atoms with van der Waals surface area (Å²) in [5.41, 5.74) is 2.10. The fourth-order valence-electron chi connectivity index (χ4n) is 2.02. The molecule has 0 aliphatic rings. The van der Waals surface area contributed by atoms with Crippen molar-refractivity contribution in [3.8, 4) is 0 Å². The molecule has 0 amide bonds. The molecule has 1 heterocycles. The second-order valence-electron chi connectivity index (χ2n) is 4.13. The van der Waals surface area contributed by atoms with E-state index in [4.69, 9.17) is 0 Å². The monoisotopic (exact) mass is 254 g/mol. The standard InChI is InChI=1S/C13H16N2O2.Na/c1-10-14-11-6-2-3-7-12(11)15(10)9-5-4-8-13(16)17;/h2-3,6-7H,4-5,8-9H2,1H3,(H,16,17);/q;+1/p-1. The summed E-state index contributed by atoms with van der Waals surface area (Å²) in [6.45, 7) is 2.78. The third-order valence-corrected chi connectivity index (χ3v) is 2.86. The van der Waals surface area contributed by atoms with Gasteiger partial charge in [-0.3, -0.25) is 0 Å². The maximum atomic E-state index is 10.3. The number of aliphatic carboxylic acids is 1. The molecule has 0 unspecified atom stereocenters. The van der Waals surface area contributed by atoms with Crippen molar-refractivity contribution in [2.24, 2.45) is 0 Å². The molecule has 0 aliphatic carbocycles. The van der Waals surface area contributed by atoms with E-state index in [1.165, 1.54) is 0 Å². The van der Waals surface area contributed by atoms with Gasteiger partial charge in [0.1, 0.15) is 5.82 Å². The van der Waals surface area contributed by atoms with Crippen molar-refractivity contribution in [1.29, 1.82) is 0 Å². The number of aromatic nitrogens is 2. The fraction of sp³-hybridized carbons (Fsp3) is 0.385. The summed E-state index contributed by atoms with van der Waals surface area (Å²) in [4.78, 5) is 14.8. The van der Waals surface area contributed by atoms with Gasteiger partial charge in [0, 0.05) is 12.5 Å². The minimum Gasteiger partial charge on any atom is -0.550 e. The Morgan fingerprint density at radius 1 is 1.33 bits per heavy atom. The van der Waals surface area contributed by atoms with E-state index in [0.29, 0.717) is 6.42 Å². The third-order valence-electron chi connectivity index (χ3n) is 2.86. The molecule has 4 nitrogen and oxygen atoms in total. The summed E-state index contributed by atoms with van der Waals surface area (Å²) in [7, 11) is 0. The van der Waals surface area contributed by atoms with Gasteiger partial charge in [-0.05, 0) is 38.3 Å². The number of rotatable bonds is 5. The maximum Gasteiger partial charge on any atom is 1.00 e. The SMILES string of the molecule is Cc1nc2ccccc2n1CCCCC(=O)[O-].[Na+]. The Morgan fingerprint density at radius 2 is 2.06 bits per heavy atom. The van der Waals surface area contributed by atoms with Crippen molar-refractivity contribution < 1.29 is 39.5 Å². The minimum atomic E-state index is -0.975. The molecule has 0 radical (unpaired) electrons. The number of nitrogens with zero attached hydrogens (tertiary/aromatic N) is 2. The van der Waals surface area contributed by atoms with Crippen molar-refractivity contribution in [2.75, 3.05) is 0 Å². The summed E-state index contributed by atoms with van der Waals surface area (Å²) in [5.74, 6) is -0.00291. The van der Waals surface area contributed by atoms with Gasteiger partial charge in [-0.2, -0.15) is 0 Å². The van der Waals surface area contributed by atoms with Gasteiger partial charge in [0.25, 0.3) is 0 Å². The summed E-state index contributed by atoms with van der Waals surface area (Å²) in [6.07, 6.45) is 1.61. The van der Waals surface area contributed by atoms with E-state index in [9.17, 15) is 9.90 Å². The van der Waals surface area contributed by atoms with Gasteiger partial charge < -0.3 is 14.5 Å². The van der Waals surface area contributed by atoms with Crippen LogP contribution in [0.4, 0.5) is 0 Å². The zero-order valence-corrected chi connectivity index (χ0v) is 12.8. The molecule has 90 valence electrons. The van der Waals surface area contributed by atoms with Gasteiger partial charge in [-0.15, -0.1) is 0 Å². The van der Waals surface area contributed by atoms with Crippen molar-refractivity contribution in [3.63, 3.8) is 0 Å². The van der Waals surface area contributed by atoms with Crippen LogP contribution in [-0.4, -0.2) is 15.5 Å². The van der Waals surface area contributed by atoms with Crippen LogP contribution in [0.1, 0.15) is 25.1 Å². The van der Waals surface area contributed by atoms with E-state index >= 15 is 0 Å². The summed E-state index contributed by atoms with van der Waals surface area (Å²) >= 11 is 0. The molecule has 5 heteroatoms. The Hall–Kier alpha value is -0.840. The van der Waals surface area contributed by atoms with Crippen LogP contribution in [0.5, 0.6) is 0 Å². The van der Waals surface area contributed by atoms with Crippen molar-refractivity contribution in [1.82, 2.24) is 9.55 Å². The first-order valence-electron chi connectivity index (χ1n) is 5.80. The smallest absolute Gasteiger partial charge is 0.550 e. The quantitative estimate of drug-likeness (QED) is 0.470. The molecule has 2 aromatic rings. The summed E-state index contributed by atoms with van der Waals surface area (Å²) < 4.78 is 2.13. The van der Waals surface area contributed by atoms with E-state index in [1.807, 2.05) is 31.2 Å². The third kappa shape index (κ3) is 3.57. The zero-order valence-electron chi connectivity index (χ0n) is 10.8. The zero-order chi connectivity index (χ0) is 12.3. The van der Waals surface area contributed by atoms with Gasteiger partial charge >= 0.3 is 29.6 Å². The predicted octanol–water partition coefficient (Wildman–Crippen LogP) is -1.73. The molecule has 0 bridgehead atoms. The van der Waals surface area contributed by atoms with Gasteiger partial charge in [0.05, 0.1) is 11.0 Å². The maximum absolute atomic E-state index is 10.3. The van der Waals surface area contributed by atoms with E-state index < -0.39 is 5.97 Å². The number of carboxylic acids is 1. The fourth-order valence-corrected chi connectivity index (χ4v) is 2.02. The molecular formula is C13H15N2NaO2. The van der Waals surface area contributed by atoms with Gasteiger partial charge in [-0.25, -0.2) is 4.98 Å². The Labute approximate surface area is 128 Å². The number of carboxylic acid groups (broad SMARTS) is 1. The first-order valence-corrected chi connectivity index (χ1v) is 5.80. The van der Waals surface area contributed by atoms with Crippen LogP contribution in [-0.2, 0) is 11.3 Å². The Morgan fingerprint density at radius 3 is 2.78 bits per heavy atom. The molecule has 0 atom stereocenters. The number of hydrogen-bond donors (Lipinski definition) is 0. The van der Waals surface area contributed by atoms with Crippen LogP contribution in [0.3, 0.4) is 0 Å². The molecule has 0 saturated carbocycles. The van der Waals surface area contributed by atoms with Gasteiger partial charge in [-0.1, -0.05) is 12.1 Å². The minimum absolute atomic E-state index is 0. The molecule has 0 aliphatic heterocycles. The molecule has 0 saturated heterocycles. The second kappa shape index (κ2) is 6.92. The van der Waals surface area contributed by atoms with Crippen LogP contribution in [0.2, 0.25) is 0 Å². The van der Waals surface area contributed by atoms with Crippen LogP contribution < -0.4 is 34.7 Å². The van der Waals surface area contributed by atoms with E-state index in [2.05, 4.69) is 9.55 Å². The van der Waals surface area contributed by atoms with Gasteiger partial charge in [0.2, 0.25) is 0 Å². The number of carbonyl (C=O) groups is 1. The molecule has 1 aromatic heterocycles. The van der Waals surface area contributed by atoms with Crippen molar-refractivity contribution in [2.45, 2.75) is 32.7 Å². The Balaban J connectivity index is 0.00000162. The molecule has 1 aromatic carbocycles. The number of fused-ring (bicyclic) bond motifs is 1.